The Morgan fingerprint density at radius 3 is 2.43 bits per heavy atom. The molecule has 0 aromatic carbocycles. The monoisotopic (exact) mass is 317 g/mol. The van der Waals surface area contributed by atoms with Crippen LogP contribution >= 0.6 is 0 Å². The minimum absolute atomic E-state index is 0.172. The Balaban J connectivity index is 1.68. The molecule has 0 radical (unpaired) electrons. The SMILES string of the molecule is CCCC1CCC(NS(=O)(=O)CCN2CCNCC2)CC1. The van der Waals surface area contributed by atoms with E-state index in [1.165, 1.54) is 25.7 Å². The van der Waals surface area contributed by atoms with Crippen LogP contribution in [0.25, 0.3) is 0 Å². The normalized spacial score (nSPS) is 28.6. The van der Waals surface area contributed by atoms with Gasteiger partial charge in [0.15, 0.2) is 0 Å². The Kier molecular flexibility index (Phi) is 6.92. The van der Waals surface area contributed by atoms with E-state index in [4.69, 9.17) is 0 Å². The molecule has 0 bridgehead atoms. The van der Waals surface area contributed by atoms with E-state index in [1.54, 1.807) is 0 Å². The molecule has 1 saturated heterocycles. The minimum atomic E-state index is -3.12. The van der Waals surface area contributed by atoms with Crippen LogP contribution in [0.2, 0.25) is 0 Å². The van der Waals surface area contributed by atoms with Gasteiger partial charge in [-0.15, -0.1) is 0 Å². The van der Waals surface area contributed by atoms with E-state index in [0.717, 1.165) is 44.9 Å². The fourth-order valence-corrected chi connectivity index (χ4v) is 4.83. The summed E-state index contributed by atoms with van der Waals surface area (Å²) in [4.78, 5) is 2.23. The molecule has 0 aromatic rings. The molecule has 0 spiro atoms. The first kappa shape index (κ1) is 17.2. The molecule has 2 rings (SSSR count). The van der Waals surface area contributed by atoms with Crippen LogP contribution in [0.3, 0.4) is 0 Å². The quantitative estimate of drug-likeness (QED) is 0.740. The van der Waals surface area contributed by atoms with Gasteiger partial charge in [0.05, 0.1) is 5.75 Å². The molecule has 1 heterocycles. The van der Waals surface area contributed by atoms with Gasteiger partial charge in [-0.3, -0.25) is 4.90 Å². The summed E-state index contributed by atoms with van der Waals surface area (Å²) < 4.78 is 27.3. The van der Waals surface area contributed by atoms with Crippen molar-refractivity contribution in [2.75, 3.05) is 38.5 Å². The van der Waals surface area contributed by atoms with Gasteiger partial charge in [-0.1, -0.05) is 19.8 Å². The van der Waals surface area contributed by atoms with Gasteiger partial charge in [-0.05, 0) is 31.6 Å². The minimum Gasteiger partial charge on any atom is -0.314 e. The molecule has 1 saturated carbocycles. The summed E-state index contributed by atoms with van der Waals surface area (Å²) >= 11 is 0. The number of nitrogens with zero attached hydrogens (tertiary/aromatic N) is 1. The first-order valence-electron chi connectivity index (χ1n) is 8.52. The number of nitrogens with one attached hydrogen (secondary N) is 2. The summed E-state index contributed by atoms with van der Waals surface area (Å²) in [5.41, 5.74) is 0. The third-order valence-electron chi connectivity index (χ3n) is 4.78. The fourth-order valence-electron chi connectivity index (χ4n) is 3.47. The van der Waals surface area contributed by atoms with Crippen molar-refractivity contribution in [2.45, 2.75) is 51.5 Å². The van der Waals surface area contributed by atoms with Crippen LogP contribution in [0, 0.1) is 5.92 Å². The highest BCUT2D eigenvalue weighted by atomic mass is 32.2. The zero-order valence-corrected chi connectivity index (χ0v) is 14.1. The molecule has 1 aliphatic heterocycles. The number of hydrogen-bond donors (Lipinski definition) is 2. The van der Waals surface area contributed by atoms with E-state index in [9.17, 15) is 8.42 Å². The maximum absolute atomic E-state index is 12.2. The number of sulfonamides is 1. The van der Waals surface area contributed by atoms with Crippen LogP contribution in [0.5, 0.6) is 0 Å². The van der Waals surface area contributed by atoms with Crippen LogP contribution in [-0.2, 0) is 10.0 Å². The van der Waals surface area contributed by atoms with E-state index in [-0.39, 0.29) is 11.8 Å². The zero-order valence-electron chi connectivity index (χ0n) is 13.3. The zero-order chi connectivity index (χ0) is 15.1. The molecular weight excluding hydrogens is 286 g/mol. The first-order valence-corrected chi connectivity index (χ1v) is 10.2. The molecule has 5 nitrogen and oxygen atoms in total. The van der Waals surface area contributed by atoms with Crippen molar-refractivity contribution in [3.05, 3.63) is 0 Å². The van der Waals surface area contributed by atoms with Crippen LogP contribution in [0.4, 0.5) is 0 Å². The van der Waals surface area contributed by atoms with Gasteiger partial charge >= 0.3 is 0 Å². The van der Waals surface area contributed by atoms with E-state index in [2.05, 4.69) is 21.9 Å². The Morgan fingerprint density at radius 2 is 1.81 bits per heavy atom. The van der Waals surface area contributed by atoms with Crippen molar-refractivity contribution in [2.24, 2.45) is 5.92 Å². The van der Waals surface area contributed by atoms with Gasteiger partial charge in [0.25, 0.3) is 0 Å². The maximum atomic E-state index is 12.2. The second-order valence-corrected chi connectivity index (χ2v) is 8.41. The molecule has 6 heteroatoms. The molecule has 0 amide bonds. The van der Waals surface area contributed by atoms with E-state index >= 15 is 0 Å². The molecule has 124 valence electrons. The second-order valence-electron chi connectivity index (χ2n) is 6.53. The molecule has 0 aromatic heterocycles. The predicted octanol–water partition coefficient (Wildman–Crippen LogP) is 1.17. The van der Waals surface area contributed by atoms with E-state index in [0.29, 0.717) is 6.54 Å². The summed E-state index contributed by atoms with van der Waals surface area (Å²) in [7, 11) is -3.12. The Labute approximate surface area is 129 Å². The van der Waals surface area contributed by atoms with Crippen molar-refractivity contribution in [1.82, 2.24) is 14.9 Å². The topological polar surface area (TPSA) is 61.4 Å². The van der Waals surface area contributed by atoms with Crippen molar-refractivity contribution in [1.29, 1.82) is 0 Å². The average Bonchev–Trinajstić information content (AvgIpc) is 2.48. The third-order valence-corrected chi connectivity index (χ3v) is 6.19. The molecule has 2 aliphatic rings. The number of piperazine rings is 1. The Morgan fingerprint density at radius 1 is 1.14 bits per heavy atom. The smallest absolute Gasteiger partial charge is 0.213 e. The van der Waals surface area contributed by atoms with E-state index < -0.39 is 10.0 Å². The molecule has 21 heavy (non-hydrogen) atoms. The third kappa shape index (κ3) is 6.22. The Bertz CT molecular complexity index is 386. The van der Waals surface area contributed by atoms with Crippen molar-refractivity contribution >= 4 is 10.0 Å². The standard InChI is InChI=1S/C15H31N3O2S/c1-2-3-14-4-6-15(7-5-14)17-21(19,20)13-12-18-10-8-16-9-11-18/h14-17H,2-13H2,1H3. The summed E-state index contributed by atoms with van der Waals surface area (Å²) in [6.45, 7) is 6.73. The summed E-state index contributed by atoms with van der Waals surface area (Å²) in [6.07, 6.45) is 6.92. The first-order chi connectivity index (χ1) is 10.1. The lowest BCUT2D eigenvalue weighted by Gasteiger charge is -2.30. The van der Waals surface area contributed by atoms with Gasteiger partial charge in [-0.25, -0.2) is 13.1 Å². The molecule has 0 unspecified atom stereocenters. The highest BCUT2D eigenvalue weighted by Crippen LogP contribution is 2.27. The summed E-state index contributed by atoms with van der Waals surface area (Å²) in [5, 5.41) is 3.29. The van der Waals surface area contributed by atoms with Crippen LogP contribution in [-0.4, -0.2) is 57.8 Å². The molecule has 0 atom stereocenters. The molecule has 2 N–H and O–H groups in total. The van der Waals surface area contributed by atoms with Gasteiger partial charge < -0.3 is 5.32 Å². The van der Waals surface area contributed by atoms with Gasteiger partial charge in [0.2, 0.25) is 10.0 Å². The van der Waals surface area contributed by atoms with Crippen LogP contribution in [0.1, 0.15) is 45.4 Å². The summed E-state index contributed by atoms with van der Waals surface area (Å²) in [5.74, 6) is 1.05. The highest BCUT2D eigenvalue weighted by Gasteiger charge is 2.24. The lowest BCUT2D eigenvalue weighted by molar-refractivity contribution is 0.253. The van der Waals surface area contributed by atoms with Crippen molar-refractivity contribution in [3.8, 4) is 0 Å². The van der Waals surface area contributed by atoms with Crippen LogP contribution < -0.4 is 10.0 Å². The molecule has 1 aliphatic carbocycles. The fraction of sp³-hybridized carbons (Fsp3) is 1.00. The Hall–Kier alpha value is -0.170. The number of hydrogen-bond acceptors (Lipinski definition) is 4. The van der Waals surface area contributed by atoms with Crippen LogP contribution in [0.15, 0.2) is 0 Å². The number of rotatable bonds is 7. The molecule has 2 fully saturated rings. The lowest BCUT2D eigenvalue weighted by Crippen LogP contribution is -2.47. The van der Waals surface area contributed by atoms with E-state index in [1.807, 2.05) is 0 Å². The lowest BCUT2D eigenvalue weighted by atomic mass is 9.84. The molecular formula is C15H31N3O2S. The van der Waals surface area contributed by atoms with Gasteiger partial charge in [-0.2, -0.15) is 0 Å². The second kappa shape index (κ2) is 8.46. The van der Waals surface area contributed by atoms with Gasteiger partial charge in [0, 0.05) is 38.8 Å². The highest BCUT2D eigenvalue weighted by molar-refractivity contribution is 7.89. The summed E-state index contributed by atoms with van der Waals surface area (Å²) in [6, 6.07) is 0.172. The van der Waals surface area contributed by atoms with Crippen molar-refractivity contribution < 1.29 is 8.42 Å². The average molecular weight is 317 g/mol. The largest absolute Gasteiger partial charge is 0.314 e. The maximum Gasteiger partial charge on any atom is 0.213 e. The van der Waals surface area contributed by atoms with Gasteiger partial charge in [0.1, 0.15) is 0 Å². The predicted molar refractivity (Wildman–Crippen MR) is 86.9 cm³/mol. The van der Waals surface area contributed by atoms with Crippen molar-refractivity contribution in [3.63, 3.8) is 0 Å².